The van der Waals surface area contributed by atoms with E-state index in [1.807, 2.05) is 4.72 Å². The molecule has 0 spiro atoms. The Morgan fingerprint density at radius 1 is 0.609 bits per heavy atom. The zero-order valence-corrected chi connectivity index (χ0v) is 41.1. The van der Waals surface area contributed by atoms with Crippen LogP contribution in [0.2, 0.25) is 0 Å². The van der Waals surface area contributed by atoms with E-state index in [1.54, 1.807) is 25.9 Å². The number of sulfonamides is 2. The number of nitrogens with zero attached hydrogens (tertiary/aromatic N) is 1. The number of aliphatic hydroxyl groups excluding tert-OH is 1. The first kappa shape index (κ1) is 76.4. The second-order valence-electron chi connectivity index (χ2n) is 14.2. The number of quaternary nitrogens is 1. The summed E-state index contributed by atoms with van der Waals surface area (Å²) in [5.41, 5.74) is -12.2. The van der Waals surface area contributed by atoms with Crippen molar-refractivity contribution in [3.8, 4) is 0 Å². The number of halogens is 21. The molecule has 0 saturated heterocycles. The number of nitrogens with one attached hydrogen (secondary N) is 2. The molecule has 0 aliphatic rings. The molecular weight excluding hydrogens is 1090 g/mol. The van der Waals surface area contributed by atoms with Gasteiger partial charge in [-0.05, 0) is 59.7 Å². The molecule has 13 nitrogen and oxygen atoms in total. The molecule has 0 radical (unpaired) electrons. The van der Waals surface area contributed by atoms with E-state index in [0.29, 0.717) is 13.0 Å². The molecule has 0 aromatic heterocycles. The molecule has 0 aromatic rings. The van der Waals surface area contributed by atoms with Crippen LogP contribution in [0.4, 0.5) is 87.8 Å². The summed E-state index contributed by atoms with van der Waals surface area (Å²) in [6.07, 6.45) is -48.0. The fourth-order valence-corrected chi connectivity index (χ4v) is 7.02. The Kier molecular flexibility index (Phi) is 36.2. The van der Waals surface area contributed by atoms with E-state index in [0.717, 1.165) is 0 Å². The van der Waals surface area contributed by atoms with Crippen molar-refractivity contribution >= 4 is 43.6 Å². The quantitative estimate of drug-likeness (QED) is 0.0438. The Balaban J connectivity index is -0.000000338. The molecule has 0 aliphatic carbocycles. The van der Waals surface area contributed by atoms with Crippen molar-refractivity contribution < 1.29 is 164 Å². The molecule has 0 aromatic carbocycles. The average Bonchev–Trinajstić information content (AvgIpc) is 3.11. The van der Waals surface area contributed by atoms with Gasteiger partial charge < -0.3 is 35.1 Å². The predicted molar refractivity (Wildman–Crippen MR) is 195 cm³/mol. The Hall–Kier alpha value is -1.47. The Morgan fingerprint density at radius 2 is 0.899 bits per heavy atom. The SMILES string of the molecule is CCO.CN(C)CCCNS(=O)(=O)CCCC(CC(F)(C(F)(F)F)C(F)(F)F)C(F)(F)F.O=C([O-])CCl.O=C([O-])C[NH2+]CCCNS(=O)(=O)CCCC(CC(F)(C(F)(F)F)C(F)(F)F)C(F)(F)F.[Na+]. The third-order valence-corrected chi connectivity index (χ3v) is 11.3. The van der Waals surface area contributed by atoms with Crippen LogP contribution >= 0.6 is 11.6 Å². The maximum atomic E-state index is 13.6. The Labute approximate surface area is 410 Å². The number of hydrogen-bond acceptors (Lipinski definition) is 10. The van der Waals surface area contributed by atoms with E-state index >= 15 is 0 Å². The molecule has 2 atom stereocenters. The number of carboxylic acid groups (broad SMARTS) is 2. The molecular formula is C32H50ClF20N4NaO9S2. The summed E-state index contributed by atoms with van der Waals surface area (Å²) in [7, 11) is -4.91. The zero-order chi connectivity index (χ0) is 55.0. The first-order valence-electron chi connectivity index (χ1n) is 18.9. The number of aliphatic hydroxyl groups is 1. The van der Waals surface area contributed by atoms with Gasteiger partial charge in [-0.3, -0.25) is 0 Å². The molecule has 412 valence electrons. The van der Waals surface area contributed by atoms with Gasteiger partial charge in [-0.15, -0.1) is 11.6 Å². The van der Waals surface area contributed by atoms with Crippen LogP contribution in [0.3, 0.4) is 0 Å². The minimum atomic E-state index is -6.66. The van der Waals surface area contributed by atoms with Crippen molar-refractivity contribution in [3.63, 3.8) is 0 Å². The number of carboxylic acids is 2. The predicted octanol–water partition coefficient (Wildman–Crippen LogP) is 0.808. The van der Waals surface area contributed by atoms with Crippen LogP contribution in [0.1, 0.15) is 58.3 Å². The van der Waals surface area contributed by atoms with Crippen molar-refractivity contribution in [3.05, 3.63) is 0 Å². The van der Waals surface area contributed by atoms with E-state index in [1.165, 1.54) is 5.32 Å². The van der Waals surface area contributed by atoms with Gasteiger partial charge >= 0.3 is 66.6 Å². The summed E-state index contributed by atoms with van der Waals surface area (Å²) < 4.78 is 306. The third-order valence-electron chi connectivity index (χ3n) is 8.14. The van der Waals surface area contributed by atoms with Crippen LogP contribution in [0.25, 0.3) is 0 Å². The molecule has 69 heavy (non-hydrogen) atoms. The number of carbonyl (C=O) groups excluding carboxylic acids is 2. The van der Waals surface area contributed by atoms with Gasteiger partial charge in [0.15, 0.2) is 0 Å². The number of hydrogen-bond donors (Lipinski definition) is 4. The van der Waals surface area contributed by atoms with E-state index in [-0.39, 0.29) is 62.2 Å². The molecule has 2 unspecified atom stereocenters. The van der Waals surface area contributed by atoms with Gasteiger partial charge in [0.05, 0.1) is 47.7 Å². The van der Waals surface area contributed by atoms with Crippen molar-refractivity contribution in [1.82, 2.24) is 14.3 Å². The van der Waals surface area contributed by atoms with E-state index in [4.69, 9.17) is 15.0 Å². The van der Waals surface area contributed by atoms with Crippen LogP contribution in [-0.4, -0.2) is 158 Å². The fraction of sp³-hybridized carbons (Fsp3) is 0.938. The molecule has 0 saturated carbocycles. The van der Waals surface area contributed by atoms with Gasteiger partial charge in [0.1, 0.15) is 6.54 Å². The number of alkyl halides is 21. The molecule has 0 amide bonds. The van der Waals surface area contributed by atoms with Gasteiger partial charge in [-0.25, -0.2) is 35.1 Å². The Morgan fingerprint density at radius 3 is 1.13 bits per heavy atom. The van der Waals surface area contributed by atoms with Gasteiger partial charge in [-0.2, -0.15) is 79.0 Å². The summed E-state index contributed by atoms with van der Waals surface area (Å²) in [5.74, 6) is -11.8. The van der Waals surface area contributed by atoms with Crippen molar-refractivity contribution in [2.75, 3.05) is 70.8 Å². The molecule has 0 aliphatic heterocycles. The summed E-state index contributed by atoms with van der Waals surface area (Å²) in [4.78, 5) is 21.0. The summed E-state index contributed by atoms with van der Waals surface area (Å²) in [6.45, 7) is 1.88. The van der Waals surface area contributed by atoms with Crippen LogP contribution in [0.15, 0.2) is 0 Å². The number of aliphatic carboxylic acids is 2. The largest absolute Gasteiger partial charge is 1.00 e. The van der Waals surface area contributed by atoms with Crippen molar-refractivity contribution in [2.45, 2.75) is 107 Å². The minimum absolute atomic E-state index is 0. The maximum absolute atomic E-state index is 13.6. The van der Waals surface area contributed by atoms with E-state index in [9.17, 15) is 115 Å². The smallest absolute Gasteiger partial charge is 0.549 e. The molecule has 0 fully saturated rings. The van der Waals surface area contributed by atoms with Gasteiger partial charge in [0.2, 0.25) is 20.0 Å². The van der Waals surface area contributed by atoms with Gasteiger partial charge in [0, 0.05) is 39.0 Å². The topological polar surface area (TPSA) is 213 Å². The van der Waals surface area contributed by atoms with Crippen molar-refractivity contribution in [2.24, 2.45) is 11.8 Å². The van der Waals surface area contributed by atoms with Gasteiger partial charge in [-0.1, -0.05) is 0 Å². The second kappa shape index (κ2) is 32.7. The molecule has 37 heteroatoms. The summed E-state index contributed by atoms with van der Waals surface area (Å²) in [6, 6.07) is 0. The van der Waals surface area contributed by atoms with Crippen LogP contribution in [0.5, 0.6) is 0 Å². The normalized spacial score (nSPS) is 14.2. The standard InChI is InChI=1S/C14H20F10N2O4S.C14H22F10N2O2S.C2H3ClO2.C2H6O.Na/c15-11(13(19,20)21,14(22,23)24)7-9(12(16,17)18)3-1-6-31(29,30)26-5-2-4-25-8-10(27)28;1-26(2)7-4-6-25-29(27,28)8-3-5-10(12(16,17)18)9-11(15,13(19,20)21)14(22,23)24;3-1-2(4)5;1-2-3;/h9,25-26H,1-8H2,(H,27,28);10,25H,3-9H2,1-2H3;1H2,(H,4,5);3H,2H2,1H3;/q;;;;+1/p-1. The number of nitrogens with two attached hydrogens (primary N) is 1. The van der Waals surface area contributed by atoms with Crippen molar-refractivity contribution in [1.29, 1.82) is 0 Å². The van der Waals surface area contributed by atoms with E-state index in [2.05, 4.69) is 16.3 Å². The second-order valence-corrected chi connectivity index (χ2v) is 18.3. The van der Waals surface area contributed by atoms with Crippen LogP contribution < -0.4 is 54.5 Å². The average molecular weight is 1140 g/mol. The zero-order valence-electron chi connectivity index (χ0n) is 36.7. The maximum Gasteiger partial charge on any atom is 1.00 e. The molecule has 0 rings (SSSR count). The fourth-order valence-electron chi connectivity index (χ4n) is 4.73. The molecule has 5 N–H and O–H groups in total. The first-order chi connectivity index (χ1) is 30.1. The minimum Gasteiger partial charge on any atom is -0.549 e. The van der Waals surface area contributed by atoms with Crippen LogP contribution in [0, 0.1) is 11.8 Å². The van der Waals surface area contributed by atoms with E-state index < -0.39 is 155 Å². The summed E-state index contributed by atoms with van der Waals surface area (Å²) in [5, 5.41) is 28.1. The number of carbonyl (C=O) groups is 2. The van der Waals surface area contributed by atoms with Gasteiger partial charge in [0.25, 0.3) is 11.3 Å². The third kappa shape index (κ3) is 33.8. The monoisotopic (exact) mass is 1140 g/mol. The molecule has 0 bridgehead atoms. The first-order valence-corrected chi connectivity index (χ1v) is 22.7. The Bertz CT molecular complexity index is 1630. The summed E-state index contributed by atoms with van der Waals surface area (Å²) >= 11 is 4.67. The molecule has 0 heterocycles. The number of rotatable bonds is 25. The van der Waals surface area contributed by atoms with Crippen LogP contribution in [-0.2, 0) is 29.6 Å².